The van der Waals surface area contributed by atoms with Crippen LogP contribution >= 0.6 is 0 Å². The van der Waals surface area contributed by atoms with E-state index < -0.39 is 6.11 Å². The van der Waals surface area contributed by atoms with Gasteiger partial charge in [0.1, 0.15) is 11.6 Å². The van der Waals surface area contributed by atoms with Gasteiger partial charge >= 0.3 is 6.11 Å². The zero-order valence-electron chi connectivity index (χ0n) is 12.9. The van der Waals surface area contributed by atoms with Crippen LogP contribution in [0, 0.1) is 0 Å². The Kier molecular flexibility index (Phi) is 4.37. The van der Waals surface area contributed by atoms with Crippen molar-refractivity contribution in [3.63, 3.8) is 0 Å². The van der Waals surface area contributed by atoms with Crippen LogP contribution in [0.3, 0.4) is 0 Å². The van der Waals surface area contributed by atoms with E-state index in [-0.39, 0.29) is 5.75 Å². The van der Waals surface area contributed by atoms with Crippen molar-refractivity contribution in [2.24, 2.45) is 0 Å². The van der Waals surface area contributed by atoms with Gasteiger partial charge in [-0.2, -0.15) is 8.78 Å². The van der Waals surface area contributed by atoms with Crippen LogP contribution < -0.4 is 10.1 Å². The molecule has 0 atom stereocenters. The Hall–Kier alpha value is -3.02. The molecule has 3 aromatic rings. The molecule has 3 rings (SSSR count). The van der Waals surface area contributed by atoms with Crippen molar-refractivity contribution in [1.29, 1.82) is 0 Å². The third-order valence-corrected chi connectivity index (χ3v) is 3.16. The number of hydrogen-bond donors (Lipinski definition) is 1. The van der Waals surface area contributed by atoms with E-state index in [2.05, 4.69) is 20.0 Å². The average Bonchev–Trinajstić information content (AvgIpc) is 2.55. The third kappa shape index (κ3) is 4.25. The average molecular weight is 327 g/mol. The molecule has 0 bridgehead atoms. The normalized spacial score (nSPS) is 11.1. The lowest BCUT2D eigenvalue weighted by Gasteiger charge is -2.14. The molecule has 0 unspecified atom stereocenters. The molecule has 0 aliphatic heterocycles. The highest BCUT2D eigenvalue weighted by Crippen LogP contribution is 2.26. The summed E-state index contributed by atoms with van der Waals surface area (Å²) in [5.41, 5.74) is 2.52. The SMILES string of the molecule is CC(F)(F)Oc1cccc(Nc2ccc(-c3cccnc3)cn2)c1. The Morgan fingerprint density at radius 1 is 1.00 bits per heavy atom. The molecule has 2 aromatic heterocycles. The molecular weight excluding hydrogens is 312 g/mol. The van der Waals surface area contributed by atoms with E-state index in [0.29, 0.717) is 18.4 Å². The van der Waals surface area contributed by atoms with Gasteiger partial charge in [-0.1, -0.05) is 12.1 Å². The van der Waals surface area contributed by atoms with Crippen molar-refractivity contribution < 1.29 is 13.5 Å². The second kappa shape index (κ2) is 6.62. The number of anilines is 2. The van der Waals surface area contributed by atoms with Gasteiger partial charge in [0.15, 0.2) is 0 Å². The molecule has 1 aromatic carbocycles. The Balaban J connectivity index is 1.73. The summed E-state index contributed by atoms with van der Waals surface area (Å²) in [6.45, 7) is 0.700. The fraction of sp³-hybridized carbons (Fsp3) is 0.111. The molecule has 0 aliphatic carbocycles. The molecule has 122 valence electrons. The van der Waals surface area contributed by atoms with Crippen LogP contribution in [-0.4, -0.2) is 16.1 Å². The molecule has 6 heteroatoms. The molecule has 1 N–H and O–H groups in total. The molecule has 24 heavy (non-hydrogen) atoms. The highest BCUT2D eigenvalue weighted by atomic mass is 19.3. The molecule has 0 aliphatic rings. The molecule has 0 saturated heterocycles. The van der Waals surface area contributed by atoms with Crippen LogP contribution in [0.5, 0.6) is 5.75 Å². The maximum atomic E-state index is 12.9. The summed E-state index contributed by atoms with van der Waals surface area (Å²) in [6.07, 6.45) is 1.97. The number of aromatic nitrogens is 2. The van der Waals surface area contributed by atoms with Crippen LogP contribution in [0.25, 0.3) is 11.1 Å². The van der Waals surface area contributed by atoms with Gasteiger partial charge in [0, 0.05) is 48.4 Å². The fourth-order valence-electron chi connectivity index (χ4n) is 2.16. The van der Waals surface area contributed by atoms with Crippen LogP contribution in [0.2, 0.25) is 0 Å². The molecular formula is C18H15F2N3O. The molecule has 0 fully saturated rings. The standard InChI is InChI=1S/C18H15F2N3O/c1-18(19,20)24-16-6-2-5-15(10-16)23-17-8-7-14(12-22-17)13-4-3-9-21-11-13/h2-12H,1H3,(H,22,23). The van der Waals surface area contributed by atoms with Crippen molar-refractivity contribution in [2.75, 3.05) is 5.32 Å². The number of rotatable bonds is 5. The molecule has 0 amide bonds. The minimum absolute atomic E-state index is 0.0829. The first-order chi connectivity index (χ1) is 11.5. The van der Waals surface area contributed by atoms with Crippen molar-refractivity contribution >= 4 is 11.5 Å². The molecule has 0 spiro atoms. The van der Waals surface area contributed by atoms with E-state index in [1.807, 2.05) is 24.3 Å². The predicted molar refractivity (Wildman–Crippen MR) is 88.4 cm³/mol. The molecule has 4 nitrogen and oxygen atoms in total. The second-order valence-corrected chi connectivity index (χ2v) is 5.24. The highest BCUT2D eigenvalue weighted by molar-refractivity contribution is 5.64. The topological polar surface area (TPSA) is 47.0 Å². The first kappa shape index (κ1) is 15.9. The van der Waals surface area contributed by atoms with E-state index in [4.69, 9.17) is 0 Å². The summed E-state index contributed by atoms with van der Waals surface area (Å²) in [7, 11) is 0. The van der Waals surface area contributed by atoms with Crippen molar-refractivity contribution in [3.05, 3.63) is 67.1 Å². The second-order valence-electron chi connectivity index (χ2n) is 5.24. The monoisotopic (exact) mass is 327 g/mol. The Morgan fingerprint density at radius 3 is 2.50 bits per heavy atom. The van der Waals surface area contributed by atoms with Gasteiger partial charge in [0.05, 0.1) is 0 Å². The lowest BCUT2D eigenvalue weighted by Crippen LogP contribution is -2.19. The number of hydrogen-bond acceptors (Lipinski definition) is 4. The number of ether oxygens (including phenoxy) is 1. The van der Waals surface area contributed by atoms with Crippen molar-refractivity contribution in [3.8, 4) is 16.9 Å². The molecule has 2 heterocycles. The number of nitrogens with zero attached hydrogens (tertiary/aromatic N) is 2. The van der Waals surface area contributed by atoms with E-state index in [1.165, 1.54) is 12.1 Å². The van der Waals surface area contributed by atoms with E-state index in [1.54, 1.807) is 30.7 Å². The van der Waals surface area contributed by atoms with Crippen molar-refractivity contribution in [1.82, 2.24) is 9.97 Å². The number of halogens is 2. The minimum Gasteiger partial charge on any atom is -0.433 e. The van der Waals surface area contributed by atoms with Gasteiger partial charge in [0.2, 0.25) is 0 Å². The van der Waals surface area contributed by atoms with Gasteiger partial charge in [-0.25, -0.2) is 4.98 Å². The smallest absolute Gasteiger partial charge is 0.394 e. The maximum Gasteiger partial charge on any atom is 0.394 e. The van der Waals surface area contributed by atoms with Crippen LogP contribution in [-0.2, 0) is 0 Å². The summed E-state index contributed by atoms with van der Waals surface area (Å²) in [6, 6.07) is 13.9. The molecule has 0 radical (unpaired) electrons. The number of benzene rings is 1. The fourth-order valence-corrected chi connectivity index (χ4v) is 2.16. The van der Waals surface area contributed by atoms with E-state index in [9.17, 15) is 8.78 Å². The van der Waals surface area contributed by atoms with Gasteiger partial charge in [-0.05, 0) is 30.3 Å². The van der Waals surface area contributed by atoms with Crippen LogP contribution in [0.4, 0.5) is 20.3 Å². The quantitative estimate of drug-likeness (QED) is 0.725. The summed E-state index contributed by atoms with van der Waals surface area (Å²) in [5.74, 6) is 0.683. The van der Waals surface area contributed by atoms with E-state index >= 15 is 0 Å². The lowest BCUT2D eigenvalue weighted by molar-refractivity contribution is -0.158. The van der Waals surface area contributed by atoms with Gasteiger partial charge in [-0.15, -0.1) is 0 Å². The summed E-state index contributed by atoms with van der Waals surface area (Å²) in [4.78, 5) is 8.40. The van der Waals surface area contributed by atoms with Crippen LogP contribution in [0.1, 0.15) is 6.92 Å². The zero-order valence-corrected chi connectivity index (χ0v) is 12.9. The minimum atomic E-state index is -3.22. The van der Waals surface area contributed by atoms with Gasteiger partial charge in [0.25, 0.3) is 0 Å². The first-order valence-electron chi connectivity index (χ1n) is 7.30. The lowest BCUT2D eigenvalue weighted by atomic mass is 10.1. The Morgan fingerprint density at radius 2 is 1.83 bits per heavy atom. The first-order valence-corrected chi connectivity index (χ1v) is 7.30. The highest BCUT2D eigenvalue weighted by Gasteiger charge is 2.23. The van der Waals surface area contributed by atoms with Crippen molar-refractivity contribution in [2.45, 2.75) is 13.0 Å². The largest absolute Gasteiger partial charge is 0.433 e. The summed E-state index contributed by atoms with van der Waals surface area (Å²) >= 11 is 0. The van der Waals surface area contributed by atoms with Gasteiger partial charge in [-0.3, -0.25) is 4.98 Å². The zero-order chi connectivity index (χ0) is 17.0. The van der Waals surface area contributed by atoms with E-state index in [0.717, 1.165) is 11.1 Å². The van der Waals surface area contributed by atoms with Crippen LogP contribution in [0.15, 0.2) is 67.1 Å². The number of pyridine rings is 2. The van der Waals surface area contributed by atoms with Gasteiger partial charge < -0.3 is 10.1 Å². The third-order valence-electron chi connectivity index (χ3n) is 3.16. The molecule has 0 saturated carbocycles. The number of alkyl halides is 2. The Bertz CT molecular complexity index is 802. The summed E-state index contributed by atoms with van der Waals surface area (Å²) in [5, 5.41) is 3.06. The predicted octanol–water partition coefficient (Wildman–Crippen LogP) is 4.88. The summed E-state index contributed by atoms with van der Waals surface area (Å²) < 4.78 is 30.4. The maximum absolute atomic E-state index is 12.9. The Labute approximate surface area is 138 Å². The number of nitrogens with one attached hydrogen (secondary N) is 1.